The van der Waals surface area contributed by atoms with Crippen molar-refractivity contribution >= 4 is 83.5 Å². The average Bonchev–Trinajstić information content (AvgIpc) is 2.98. The van der Waals surface area contributed by atoms with Gasteiger partial charge in [0.2, 0.25) is 0 Å². The summed E-state index contributed by atoms with van der Waals surface area (Å²) in [6.45, 7) is 4.43. The van der Waals surface area contributed by atoms with Crippen molar-refractivity contribution in [2.75, 3.05) is 0 Å². The molecule has 1 aliphatic heterocycles. The number of phenols is 1. The van der Waals surface area contributed by atoms with Crippen LogP contribution in [0.2, 0.25) is 12.1 Å². The summed E-state index contributed by atoms with van der Waals surface area (Å²) in [5, 5.41) is 13.2. The second kappa shape index (κ2) is 7.26. The number of carbonyl (C=O) groups excluding carboxylic acids is 1. The topological polar surface area (TPSA) is 49.7 Å². The van der Waals surface area contributed by atoms with Gasteiger partial charge < -0.3 is 0 Å². The number of hydrogen-bond donors (Lipinski definition) is 1. The molecule has 0 spiro atoms. The van der Waals surface area contributed by atoms with Crippen LogP contribution in [0.4, 0.5) is 5.69 Å². The molecule has 0 fully saturated rings. The van der Waals surface area contributed by atoms with Crippen LogP contribution in [0.25, 0.3) is 10.0 Å². The Bertz CT molecular complexity index is 1070. The Labute approximate surface area is 187 Å². The van der Waals surface area contributed by atoms with E-state index in [1.165, 1.54) is 16.5 Å². The van der Waals surface area contributed by atoms with Gasteiger partial charge in [0.15, 0.2) is 0 Å². The number of aliphatic imine (C=N–C) groups is 1. The first-order valence-corrected chi connectivity index (χ1v) is 14.8. The average molecular weight is 617 g/mol. The molecule has 0 bridgehead atoms. The Kier molecular flexibility index (Phi) is 5.26. The van der Waals surface area contributed by atoms with Crippen molar-refractivity contribution < 1.29 is 9.90 Å². The number of carbonyl (C=O) groups is 1. The van der Waals surface area contributed by atoms with Gasteiger partial charge in [-0.05, 0) is 0 Å². The second-order valence-electron chi connectivity index (χ2n) is 6.66. The van der Waals surface area contributed by atoms with Gasteiger partial charge in [-0.25, -0.2) is 0 Å². The van der Waals surface area contributed by atoms with Crippen LogP contribution in [0.15, 0.2) is 50.0 Å². The maximum atomic E-state index is 12.2. The first-order valence-electron chi connectivity index (χ1n) is 8.76. The molecule has 2 heterocycles. The van der Waals surface area contributed by atoms with Crippen LogP contribution in [0, 0.1) is 3.57 Å². The number of hydrogen-bond acceptors (Lipinski definition) is 3. The first-order chi connectivity index (χ1) is 12.9. The van der Waals surface area contributed by atoms with Gasteiger partial charge in [-0.15, -0.1) is 0 Å². The van der Waals surface area contributed by atoms with Gasteiger partial charge >= 0.3 is 189 Å². The van der Waals surface area contributed by atoms with Gasteiger partial charge in [0, 0.05) is 0 Å². The summed E-state index contributed by atoms with van der Waals surface area (Å²) in [5.74, 6) is 0.363. The van der Waals surface area contributed by atoms with Crippen molar-refractivity contribution in [3.63, 3.8) is 0 Å². The maximum absolute atomic E-state index is 12.2. The summed E-state index contributed by atoms with van der Waals surface area (Å²) in [6, 6.07) is 7.80. The van der Waals surface area contributed by atoms with Crippen molar-refractivity contribution in [2.24, 2.45) is 4.99 Å². The van der Waals surface area contributed by atoms with E-state index in [9.17, 15) is 9.90 Å². The molecule has 138 valence electrons. The van der Waals surface area contributed by atoms with Crippen LogP contribution in [-0.4, -0.2) is 39.2 Å². The summed E-state index contributed by atoms with van der Waals surface area (Å²) >= 11 is 6.13. The van der Waals surface area contributed by atoms with Gasteiger partial charge in [0.1, 0.15) is 0 Å². The van der Waals surface area contributed by atoms with E-state index < -0.39 is 8.07 Å². The molecule has 1 aromatic heterocycles. The first kappa shape index (κ1) is 19.6. The number of ketones is 1. The van der Waals surface area contributed by atoms with E-state index in [0.717, 1.165) is 34.2 Å². The quantitative estimate of drug-likeness (QED) is 0.304. The fraction of sp³-hybridized carbons (Fsp3) is 0.200. The Morgan fingerprint density at radius 2 is 2.00 bits per heavy atom. The second-order valence-corrected chi connectivity index (χ2v) is 16.7. The van der Waals surface area contributed by atoms with E-state index in [1.54, 1.807) is 18.2 Å². The van der Waals surface area contributed by atoms with E-state index in [4.69, 9.17) is 4.99 Å². The van der Waals surface area contributed by atoms with E-state index in [0.29, 0.717) is 5.75 Å². The molecular weight excluding hydrogens is 600 g/mol. The zero-order chi connectivity index (χ0) is 19.3. The van der Waals surface area contributed by atoms with Crippen molar-refractivity contribution in [1.29, 1.82) is 0 Å². The van der Waals surface area contributed by atoms with Gasteiger partial charge in [0.25, 0.3) is 0 Å². The number of benzene rings is 1. The van der Waals surface area contributed by atoms with Gasteiger partial charge in [-0.2, -0.15) is 0 Å². The van der Waals surface area contributed by atoms with Crippen molar-refractivity contribution in [3.05, 3.63) is 48.5 Å². The molecule has 2 aliphatic rings. The molecule has 1 N–H and O–H groups in total. The van der Waals surface area contributed by atoms with Crippen molar-refractivity contribution in [3.8, 4) is 15.8 Å². The Balaban J connectivity index is 2.13. The number of allylic oxidation sites excluding steroid dienone is 4. The molecule has 3 nitrogen and oxygen atoms in total. The zero-order valence-corrected chi connectivity index (χ0v) is 21.3. The monoisotopic (exact) mass is 617 g/mol. The molecule has 7 heteroatoms. The summed E-state index contributed by atoms with van der Waals surface area (Å²) in [5.41, 5.74) is 2.84. The third-order valence-electron chi connectivity index (χ3n) is 5.46. The molecule has 4 rings (SSSR count). The molecule has 0 amide bonds. The molecule has 27 heavy (non-hydrogen) atoms. The SMILES string of the molecule is CC[Si]1(CC)C2=CC(=O)C=CC2=Nc2ccc(O)c(-c3[se]c(Br)cc3I)c21. The zero-order valence-electron chi connectivity index (χ0n) is 14.8. The van der Waals surface area contributed by atoms with Gasteiger partial charge in [-0.3, -0.25) is 0 Å². The molecule has 2 aromatic rings. The summed E-state index contributed by atoms with van der Waals surface area (Å²) < 4.78 is 3.56. The molecular formula is C20H17BrINO2SeSi. The van der Waals surface area contributed by atoms with Crippen LogP contribution in [0.1, 0.15) is 13.8 Å². The third-order valence-corrected chi connectivity index (χ3v) is 15.5. The summed E-state index contributed by atoms with van der Waals surface area (Å²) in [7, 11) is -2.22. The molecule has 0 unspecified atom stereocenters. The molecule has 0 radical (unpaired) electrons. The number of halogens is 2. The summed E-state index contributed by atoms with van der Waals surface area (Å²) in [4.78, 5) is 17.1. The molecule has 0 atom stereocenters. The molecule has 1 aliphatic carbocycles. The standard InChI is InChI=1S/C20H17BrINO2SeSi/c1-3-27(4-2)16-9-11(24)5-6-13(16)23-14-7-8-15(25)18(20(14)27)19-12(22)10-17(21)26-19/h5-10,25H,3-4H2,1-2H3. The molecule has 1 aromatic carbocycles. The Hall–Kier alpha value is -0.734. The van der Waals surface area contributed by atoms with Crippen LogP contribution in [-0.2, 0) is 4.79 Å². The minimum atomic E-state index is -2.22. The fourth-order valence-electron chi connectivity index (χ4n) is 4.14. The third kappa shape index (κ3) is 3.02. The number of nitrogens with zero attached hydrogens (tertiary/aromatic N) is 1. The van der Waals surface area contributed by atoms with Crippen molar-refractivity contribution in [2.45, 2.75) is 25.9 Å². The number of fused-ring (bicyclic) bond motifs is 2. The van der Waals surface area contributed by atoms with Gasteiger partial charge in [-0.1, -0.05) is 0 Å². The van der Waals surface area contributed by atoms with Crippen molar-refractivity contribution in [1.82, 2.24) is 0 Å². The van der Waals surface area contributed by atoms with E-state index in [2.05, 4.69) is 58.4 Å². The van der Waals surface area contributed by atoms with Gasteiger partial charge in [0.05, 0.1) is 0 Å². The number of phenolic OH excluding ortho intramolecular Hbond substituents is 1. The summed E-state index contributed by atoms with van der Waals surface area (Å²) in [6.07, 6.45) is 5.26. The fourth-order valence-corrected chi connectivity index (χ4v) is 13.9. The molecule has 0 saturated carbocycles. The predicted molar refractivity (Wildman–Crippen MR) is 127 cm³/mol. The predicted octanol–water partition coefficient (Wildman–Crippen LogP) is 4.87. The minimum absolute atomic E-state index is 0.0381. The number of rotatable bonds is 3. The van der Waals surface area contributed by atoms with Crippen LogP contribution in [0.5, 0.6) is 5.75 Å². The number of aromatic hydroxyl groups is 1. The Morgan fingerprint density at radius 3 is 2.63 bits per heavy atom. The molecule has 0 saturated heterocycles. The Morgan fingerprint density at radius 1 is 1.26 bits per heavy atom. The van der Waals surface area contributed by atoms with E-state index in [1.807, 2.05) is 12.1 Å². The van der Waals surface area contributed by atoms with Crippen LogP contribution >= 0.6 is 38.5 Å². The van der Waals surface area contributed by atoms with Crippen LogP contribution < -0.4 is 5.19 Å². The normalized spacial score (nSPS) is 17.3. The van der Waals surface area contributed by atoms with Crippen LogP contribution in [0.3, 0.4) is 0 Å². The van der Waals surface area contributed by atoms with E-state index in [-0.39, 0.29) is 20.3 Å². The van der Waals surface area contributed by atoms with E-state index >= 15 is 0 Å².